The van der Waals surface area contributed by atoms with Crippen LogP contribution >= 0.6 is 11.8 Å². The van der Waals surface area contributed by atoms with Gasteiger partial charge in [0.25, 0.3) is 0 Å². The van der Waals surface area contributed by atoms with Crippen molar-refractivity contribution >= 4 is 17.7 Å². The Morgan fingerprint density at radius 3 is 2.58 bits per heavy atom. The van der Waals surface area contributed by atoms with Crippen LogP contribution in [0.3, 0.4) is 0 Å². The zero-order chi connectivity index (χ0) is 13.8. The van der Waals surface area contributed by atoms with E-state index in [1.807, 2.05) is 18.4 Å². The van der Waals surface area contributed by atoms with Crippen LogP contribution < -0.4 is 0 Å². The predicted molar refractivity (Wildman–Crippen MR) is 73.4 cm³/mol. The molecule has 0 aliphatic carbocycles. The van der Waals surface area contributed by atoms with Crippen molar-refractivity contribution in [3.8, 4) is 0 Å². The summed E-state index contributed by atoms with van der Waals surface area (Å²) in [5.74, 6) is -0.0764. The molecule has 2 rings (SSSR count). The van der Waals surface area contributed by atoms with Gasteiger partial charge in [-0.15, -0.1) is 10.2 Å². The molecule has 100 valence electrons. The average Bonchev–Trinajstić information content (AvgIpc) is 2.71. The van der Waals surface area contributed by atoms with Crippen molar-refractivity contribution in [2.24, 2.45) is 0 Å². The molecule has 0 fully saturated rings. The molecule has 0 saturated carbocycles. The Morgan fingerprint density at radius 1 is 1.26 bits per heavy atom. The summed E-state index contributed by atoms with van der Waals surface area (Å²) in [4.78, 5) is 10.6. The lowest BCUT2D eigenvalue weighted by Gasteiger charge is -2.08. The van der Waals surface area contributed by atoms with Gasteiger partial charge in [-0.05, 0) is 19.4 Å². The summed E-state index contributed by atoms with van der Waals surface area (Å²) in [6, 6.07) is 8.22. The molecule has 0 spiro atoms. The Morgan fingerprint density at radius 2 is 1.95 bits per heavy atom. The van der Waals surface area contributed by atoms with Gasteiger partial charge in [0.1, 0.15) is 5.82 Å². The van der Waals surface area contributed by atoms with E-state index < -0.39 is 5.97 Å². The summed E-state index contributed by atoms with van der Waals surface area (Å²) in [5, 5.41) is 17.4. The number of carbonyl (C=O) groups is 1. The molecule has 0 aliphatic rings. The molecule has 19 heavy (non-hydrogen) atoms. The van der Waals surface area contributed by atoms with Gasteiger partial charge in [-0.1, -0.05) is 41.6 Å². The number of aryl methyl sites for hydroxylation is 2. The number of hydrogen-bond acceptors (Lipinski definition) is 4. The second kappa shape index (κ2) is 5.88. The lowest BCUT2D eigenvalue weighted by atomic mass is 10.1. The molecule has 1 heterocycles. The van der Waals surface area contributed by atoms with E-state index >= 15 is 0 Å². The molecule has 0 unspecified atom stereocenters. The van der Waals surface area contributed by atoms with Crippen molar-refractivity contribution in [2.45, 2.75) is 25.5 Å². The molecule has 0 atom stereocenters. The monoisotopic (exact) mass is 277 g/mol. The molecule has 6 heteroatoms. The van der Waals surface area contributed by atoms with Gasteiger partial charge in [-0.25, -0.2) is 0 Å². The molecule has 1 aromatic carbocycles. The highest BCUT2D eigenvalue weighted by molar-refractivity contribution is 7.99. The maximum Gasteiger partial charge on any atom is 0.313 e. The molecule has 2 aromatic rings. The van der Waals surface area contributed by atoms with E-state index in [9.17, 15) is 4.79 Å². The second-order valence-electron chi connectivity index (χ2n) is 4.28. The van der Waals surface area contributed by atoms with Gasteiger partial charge in [0.05, 0.1) is 12.3 Å². The minimum atomic E-state index is -0.854. The number of nitrogens with zero attached hydrogens (tertiary/aromatic N) is 3. The average molecular weight is 277 g/mol. The smallest absolute Gasteiger partial charge is 0.313 e. The minimum Gasteiger partial charge on any atom is -0.481 e. The molecule has 0 aliphatic heterocycles. The van der Waals surface area contributed by atoms with Gasteiger partial charge in [0.15, 0.2) is 5.16 Å². The number of thioether (sulfide) groups is 1. The van der Waals surface area contributed by atoms with Gasteiger partial charge in [0.2, 0.25) is 0 Å². The van der Waals surface area contributed by atoms with Crippen molar-refractivity contribution in [3.63, 3.8) is 0 Å². The van der Waals surface area contributed by atoms with Crippen LogP contribution in [0.1, 0.15) is 17.0 Å². The van der Waals surface area contributed by atoms with Crippen LogP contribution in [0, 0.1) is 13.8 Å². The number of hydrogen-bond donors (Lipinski definition) is 1. The van der Waals surface area contributed by atoms with Gasteiger partial charge in [-0.3, -0.25) is 4.79 Å². The number of carboxylic acid groups (broad SMARTS) is 1. The SMILES string of the molecule is Cc1ccc(Cn2c(C)nnc2SCC(=O)O)cc1. The standard InChI is InChI=1S/C13H15N3O2S/c1-9-3-5-11(6-4-9)7-16-10(2)14-15-13(16)19-8-12(17)18/h3-6H,7-8H2,1-2H3,(H,17,18). The van der Waals surface area contributed by atoms with E-state index in [-0.39, 0.29) is 5.75 Å². The van der Waals surface area contributed by atoms with E-state index in [4.69, 9.17) is 5.11 Å². The number of rotatable bonds is 5. The van der Waals surface area contributed by atoms with E-state index in [1.165, 1.54) is 17.3 Å². The first-order chi connectivity index (χ1) is 9.06. The third-order valence-electron chi connectivity index (χ3n) is 2.69. The van der Waals surface area contributed by atoms with Crippen molar-refractivity contribution in [1.29, 1.82) is 0 Å². The number of carboxylic acids is 1. The molecule has 0 radical (unpaired) electrons. The van der Waals surface area contributed by atoms with Gasteiger partial charge < -0.3 is 9.67 Å². The lowest BCUT2D eigenvalue weighted by Crippen LogP contribution is -2.06. The summed E-state index contributed by atoms with van der Waals surface area (Å²) in [5.41, 5.74) is 2.36. The fraction of sp³-hybridized carbons (Fsp3) is 0.308. The quantitative estimate of drug-likeness (QED) is 0.848. The van der Waals surface area contributed by atoms with Crippen LogP contribution in [0.15, 0.2) is 29.4 Å². The Bertz CT molecular complexity index is 578. The van der Waals surface area contributed by atoms with Crippen molar-refractivity contribution in [1.82, 2.24) is 14.8 Å². The fourth-order valence-electron chi connectivity index (χ4n) is 1.65. The molecule has 0 saturated heterocycles. The van der Waals surface area contributed by atoms with Gasteiger partial charge >= 0.3 is 5.97 Å². The van der Waals surface area contributed by atoms with Crippen LogP contribution in [0.4, 0.5) is 0 Å². The molecule has 5 nitrogen and oxygen atoms in total. The molecule has 1 N–H and O–H groups in total. The number of benzene rings is 1. The topological polar surface area (TPSA) is 68.0 Å². The number of aromatic nitrogens is 3. The highest BCUT2D eigenvalue weighted by atomic mass is 32.2. The van der Waals surface area contributed by atoms with Crippen LogP contribution in [-0.4, -0.2) is 31.6 Å². The molecular formula is C13H15N3O2S. The van der Waals surface area contributed by atoms with E-state index in [0.717, 1.165) is 11.4 Å². The van der Waals surface area contributed by atoms with E-state index in [0.29, 0.717) is 11.7 Å². The largest absolute Gasteiger partial charge is 0.481 e. The first kappa shape index (κ1) is 13.6. The van der Waals surface area contributed by atoms with Gasteiger partial charge in [-0.2, -0.15) is 0 Å². The summed E-state index contributed by atoms with van der Waals surface area (Å²) in [7, 11) is 0. The van der Waals surface area contributed by atoms with Crippen LogP contribution in [0.2, 0.25) is 0 Å². The summed E-state index contributed by atoms with van der Waals surface area (Å²) in [6.45, 7) is 4.56. The van der Waals surface area contributed by atoms with E-state index in [2.05, 4.69) is 34.5 Å². The first-order valence-electron chi connectivity index (χ1n) is 5.86. The van der Waals surface area contributed by atoms with Crippen LogP contribution in [0.5, 0.6) is 0 Å². The molecular weight excluding hydrogens is 262 g/mol. The maximum atomic E-state index is 10.6. The Hall–Kier alpha value is -1.82. The van der Waals surface area contributed by atoms with E-state index in [1.54, 1.807) is 0 Å². The zero-order valence-corrected chi connectivity index (χ0v) is 11.6. The molecule has 0 bridgehead atoms. The third kappa shape index (κ3) is 3.57. The Balaban J connectivity index is 2.16. The minimum absolute atomic E-state index is 0.00791. The lowest BCUT2D eigenvalue weighted by molar-refractivity contribution is -0.133. The summed E-state index contributed by atoms with van der Waals surface area (Å²) >= 11 is 1.19. The van der Waals surface area contributed by atoms with Gasteiger partial charge in [0, 0.05) is 0 Å². The highest BCUT2D eigenvalue weighted by Crippen LogP contribution is 2.18. The number of aliphatic carboxylic acids is 1. The summed E-state index contributed by atoms with van der Waals surface area (Å²) < 4.78 is 1.93. The Kier molecular flexibility index (Phi) is 4.21. The van der Waals surface area contributed by atoms with Crippen molar-refractivity contribution < 1.29 is 9.90 Å². The molecule has 0 amide bonds. The van der Waals surface area contributed by atoms with Crippen molar-refractivity contribution in [2.75, 3.05) is 5.75 Å². The Labute approximate surface area is 115 Å². The third-order valence-corrected chi connectivity index (χ3v) is 3.64. The highest BCUT2D eigenvalue weighted by Gasteiger charge is 2.11. The predicted octanol–water partition coefficient (Wildman–Crippen LogP) is 2.12. The zero-order valence-electron chi connectivity index (χ0n) is 10.8. The van der Waals surface area contributed by atoms with Crippen LogP contribution in [0.25, 0.3) is 0 Å². The fourth-order valence-corrected chi connectivity index (χ4v) is 2.36. The maximum absolute atomic E-state index is 10.6. The molecule has 1 aromatic heterocycles. The second-order valence-corrected chi connectivity index (χ2v) is 5.23. The summed E-state index contributed by atoms with van der Waals surface area (Å²) in [6.07, 6.45) is 0. The normalized spacial score (nSPS) is 10.6. The van der Waals surface area contributed by atoms with Crippen LogP contribution in [-0.2, 0) is 11.3 Å². The van der Waals surface area contributed by atoms with Crippen molar-refractivity contribution in [3.05, 3.63) is 41.2 Å². The first-order valence-corrected chi connectivity index (χ1v) is 6.85.